The number of ether oxygens (including phenoxy) is 2. The Morgan fingerprint density at radius 1 is 0.767 bits per heavy atom. The van der Waals surface area contributed by atoms with Gasteiger partial charge in [0.1, 0.15) is 18.3 Å². The van der Waals surface area contributed by atoms with E-state index in [1.807, 2.05) is 5.32 Å². The zero-order valence-corrected chi connectivity index (χ0v) is 34.7. The van der Waals surface area contributed by atoms with E-state index < -0.39 is 110 Å². The zero-order valence-electron chi connectivity index (χ0n) is 23.5. The van der Waals surface area contributed by atoms with Gasteiger partial charge in [0.05, 0.1) is 13.2 Å². The van der Waals surface area contributed by atoms with Gasteiger partial charge < -0.3 is 37.9 Å². The van der Waals surface area contributed by atoms with Crippen LogP contribution in [0.1, 0.15) is 6.92 Å². The Morgan fingerprint density at radius 2 is 1.21 bits per heavy atom. The zero-order chi connectivity index (χ0) is 30.4. The van der Waals surface area contributed by atoms with Crippen molar-refractivity contribution in [3.05, 3.63) is 0 Å². The van der Waals surface area contributed by atoms with Gasteiger partial charge in [0.15, 0.2) is 12.4 Å². The first-order valence-electron chi connectivity index (χ1n) is 9.74. The second-order valence-electron chi connectivity index (χ2n) is 7.16. The first kappa shape index (κ1) is 52.2. The predicted octanol–water partition coefficient (Wildman–Crippen LogP) is -17.6. The Hall–Kier alpha value is 2.34. The number of hydrogen-bond donors (Lipinski definition) is 1. The summed E-state index contributed by atoms with van der Waals surface area (Å²) in [5.74, 6) is -1.90. The summed E-state index contributed by atoms with van der Waals surface area (Å²) in [6, 6.07) is 0. The fourth-order valence-corrected chi connectivity index (χ4v) is 4.76. The van der Waals surface area contributed by atoms with Crippen LogP contribution in [0.3, 0.4) is 0 Å². The molecule has 5 atom stereocenters. The quantitative estimate of drug-likeness (QED) is 0.0924. The molecule has 0 spiro atoms. The molecule has 0 unspecified atom stereocenters. The largest absolute Gasteiger partial charge is 1.00 e. The summed E-state index contributed by atoms with van der Waals surface area (Å²) in [5.41, 5.74) is 0. The molecule has 43 heavy (non-hydrogen) atoms. The minimum absolute atomic E-state index is 0. The number of amides is 2. The smallest absolute Gasteiger partial charge is 0.726 e. The van der Waals surface area contributed by atoms with E-state index in [0.29, 0.717) is 4.90 Å². The van der Waals surface area contributed by atoms with Gasteiger partial charge in [-0.1, -0.05) is 0 Å². The summed E-state index contributed by atoms with van der Waals surface area (Å²) in [6.45, 7) is -2.23. The van der Waals surface area contributed by atoms with Crippen LogP contribution in [0.5, 0.6) is 0 Å². The molecule has 230 valence electrons. The molecule has 22 nitrogen and oxygen atoms in total. The van der Waals surface area contributed by atoms with Crippen molar-refractivity contribution in [1.29, 1.82) is 0 Å². The number of carbonyl (C=O) groups is 2. The molecule has 0 saturated carbocycles. The van der Waals surface area contributed by atoms with Crippen LogP contribution in [-0.2, 0) is 77.4 Å². The molecule has 0 aromatic carbocycles. The summed E-state index contributed by atoms with van der Waals surface area (Å²) < 4.78 is 158. The molecule has 1 saturated heterocycles. The molecule has 1 heterocycles. The first-order valence-corrected chi connectivity index (χ1v) is 15.1. The third-order valence-electron chi connectivity index (χ3n) is 4.38. The van der Waals surface area contributed by atoms with Gasteiger partial charge >= 0.3 is 118 Å². The van der Waals surface area contributed by atoms with Crippen molar-refractivity contribution in [3.63, 3.8) is 0 Å². The topological polar surface area (TPSA) is 334 Å². The van der Waals surface area contributed by atoms with Gasteiger partial charge in [-0.15, -0.1) is 0 Å². The summed E-state index contributed by atoms with van der Waals surface area (Å²) >= 11 is 0. The second-order valence-corrected chi connectivity index (χ2v) is 11.2. The second kappa shape index (κ2) is 22.1. The summed E-state index contributed by atoms with van der Waals surface area (Å²) in [4.78, 5) is 24.7. The van der Waals surface area contributed by atoms with E-state index in [2.05, 4.69) is 16.7 Å². The van der Waals surface area contributed by atoms with Crippen LogP contribution in [0.15, 0.2) is 0 Å². The minimum atomic E-state index is -5.86. The monoisotopic (exact) mass is 744 g/mol. The van der Waals surface area contributed by atoms with Gasteiger partial charge in [0.25, 0.3) is 0 Å². The summed E-state index contributed by atoms with van der Waals surface area (Å²) in [7, 11) is -21.7. The van der Waals surface area contributed by atoms with Gasteiger partial charge in [0.2, 0.25) is 53.4 Å². The van der Waals surface area contributed by atoms with Crippen molar-refractivity contribution >= 4 is 53.4 Å². The number of nitrogens with zero attached hydrogens (tertiary/aromatic N) is 1. The average molecular weight is 745 g/mol. The maximum absolute atomic E-state index is 12.3. The van der Waals surface area contributed by atoms with Crippen molar-refractivity contribution in [2.75, 3.05) is 33.4 Å². The van der Waals surface area contributed by atoms with Crippen LogP contribution in [0.2, 0.25) is 0 Å². The van der Waals surface area contributed by atoms with E-state index in [1.54, 1.807) is 0 Å². The Morgan fingerprint density at radius 3 is 1.60 bits per heavy atom. The van der Waals surface area contributed by atoms with E-state index in [1.165, 1.54) is 0 Å². The van der Waals surface area contributed by atoms with Gasteiger partial charge in [0, 0.05) is 27.1 Å². The molecule has 0 aromatic heterocycles. The van der Waals surface area contributed by atoms with Crippen molar-refractivity contribution in [2.24, 2.45) is 0 Å². The maximum Gasteiger partial charge on any atom is 1.00 e. The molecule has 0 aromatic rings. The normalized spacial score (nSPS) is 22.4. The van der Waals surface area contributed by atoms with Gasteiger partial charge in [-0.2, -0.15) is 0 Å². The van der Waals surface area contributed by atoms with Crippen LogP contribution < -0.4 is 124 Å². The molecular formula is C13H20N2Na4O20S4. The predicted molar refractivity (Wildman–Crippen MR) is 110 cm³/mol. The molecule has 30 heteroatoms. The molecule has 2 amide bonds. The molecule has 1 aliphatic heterocycles. The van der Waals surface area contributed by atoms with Crippen LogP contribution >= 0.6 is 0 Å². The fourth-order valence-electron chi connectivity index (χ4n) is 3.01. The molecule has 0 radical (unpaired) electrons. The molecule has 1 aliphatic rings. The van der Waals surface area contributed by atoms with Gasteiger partial charge in [-0.05, 0) is 0 Å². The Labute approximate surface area is 335 Å². The molecule has 1 fully saturated rings. The van der Waals surface area contributed by atoms with E-state index in [9.17, 15) is 61.5 Å². The number of rotatable bonds is 15. The molecule has 0 bridgehead atoms. The van der Waals surface area contributed by atoms with E-state index in [4.69, 9.17) is 9.47 Å². The standard InChI is InChI=1S/C13H24N2O20S4.4Na/c1-7(16)15(3-4-31-36(18,19)20)6-9(17)14-5-8-10(33-37(21,22)23)11(34-38(24,25)26)12(13(30-2)32-8)35-39(27,28)29;;;;/h8,10-13H,3-6H2,1-2H3,(H,14,17)(H,18,19,20)(H,21,22,23)(H,24,25,26)(H,27,28,29);;;;/q;4*+1/p-4/t8-,10-,11+,12+,13+;;;;/m1..../s1. The van der Waals surface area contributed by atoms with Crippen LogP contribution in [0.25, 0.3) is 0 Å². The number of hydrogen-bond acceptors (Lipinski definition) is 20. The Bertz CT molecular complexity index is 1310. The third kappa shape index (κ3) is 22.6. The molecule has 1 N–H and O–H groups in total. The first-order chi connectivity index (χ1) is 17.5. The van der Waals surface area contributed by atoms with Crippen molar-refractivity contribution in [3.8, 4) is 0 Å². The maximum atomic E-state index is 12.3. The Kier molecular flexibility index (Phi) is 26.9. The summed E-state index contributed by atoms with van der Waals surface area (Å²) in [6.07, 6.45) is -11.9. The molecule has 0 aliphatic carbocycles. The van der Waals surface area contributed by atoms with Crippen LogP contribution in [0.4, 0.5) is 0 Å². The summed E-state index contributed by atoms with van der Waals surface area (Å²) in [5, 5.41) is 2.04. The van der Waals surface area contributed by atoms with Crippen molar-refractivity contribution in [2.45, 2.75) is 37.6 Å². The minimum Gasteiger partial charge on any atom is -0.726 e. The SMILES string of the molecule is CO[C@H]1O[C@H](CNC(=O)CN(CCOS(=O)(=O)[O-])C(C)=O)[C@@H](OS(=O)(=O)[O-])[C@H](OS(=O)(=O)[O-])[C@@H]1OS(=O)(=O)[O-].[Na+].[Na+].[Na+].[Na+]. The average Bonchev–Trinajstić information content (AvgIpc) is 2.71. The van der Waals surface area contributed by atoms with E-state index in [0.717, 1.165) is 14.0 Å². The number of nitrogens with one attached hydrogen (secondary N) is 1. The number of carbonyl (C=O) groups excluding carboxylic acids is 2. The van der Waals surface area contributed by atoms with Crippen molar-refractivity contribution < 1.29 is 206 Å². The van der Waals surface area contributed by atoms with Crippen LogP contribution in [-0.4, -0.2) is 133 Å². The van der Waals surface area contributed by atoms with E-state index in [-0.39, 0.29) is 118 Å². The fraction of sp³-hybridized carbons (Fsp3) is 0.846. The molecular weight excluding hydrogens is 724 g/mol. The van der Waals surface area contributed by atoms with Crippen LogP contribution in [0, 0.1) is 0 Å². The number of methoxy groups -OCH3 is 1. The van der Waals surface area contributed by atoms with E-state index >= 15 is 0 Å². The van der Waals surface area contributed by atoms with Gasteiger partial charge in [-0.25, -0.2) is 33.7 Å². The van der Waals surface area contributed by atoms with Gasteiger partial charge in [-0.3, -0.25) is 26.3 Å². The Balaban J connectivity index is -0.00000190. The third-order valence-corrected chi connectivity index (χ3v) is 6.21. The molecule has 1 rings (SSSR count). The van der Waals surface area contributed by atoms with Crippen molar-refractivity contribution in [1.82, 2.24) is 10.2 Å².